The Kier molecular flexibility index (Phi) is 1.17. The van der Waals surface area contributed by atoms with E-state index in [-0.39, 0.29) is 0 Å². The number of aliphatic imine (C=N–C) groups is 1. The van der Waals surface area contributed by atoms with Crippen molar-refractivity contribution in [3.63, 3.8) is 0 Å². The molecule has 10 heavy (non-hydrogen) atoms. The molecule has 0 aliphatic carbocycles. The van der Waals surface area contributed by atoms with E-state index in [1.165, 1.54) is 5.55 Å². The van der Waals surface area contributed by atoms with Gasteiger partial charge in [0, 0.05) is 6.20 Å². The summed E-state index contributed by atoms with van der Waals surface area (Å²) in [5.41, 5.74) is 1.39. The van der Waals surface area contributed by atoms with Gasteiger partial charge in [0.05, 0.1) is 6.54 Å². The topological polar surface area (TPSA) is 45.0 Å². The molecule has 1 unspecified atom stereocenters. The average Bonchev–Trinajstić information content (AvgIpc) is 2.34. The molecule has 0 N–H and O–H groups in total. The molecule has 2 aliphatic rings. The Labute approximate surface area is 60.4 Å². The number of hydrogen-bond donors (Lipinski definition) is 0. The second-order valence-corrected chi connectivity index (χ2v) is 3.07. The molecule has 4 nitrogen and oxygen atoms in total. The third-order valence-electron chi connectivity index (χ3n) is 1.25. The van der Waals surface area contributed by atoms with Gasteiger partial charge in [-0.25, -0.2) is 14.2 Å². The number of rotatable bonds is 0. The fourth-order valence-corrected chi connectivity index (χ4v) is 1.60. The van der Waals surface area contributed by atoms with Crippen LogP contribution in [-0.4, -0.2) is 26.5 Å². The van der Waals surface area contributed by atoms with Gasteiger partial charge in [-0.15, -0.1) is 0 Å². The van der Waals surface area contributed by atoms with E-state index in [9.17, 15) is 4.21 Å². The number of amidine groups is 1. The van der Waals surface area contributed by atoms with Crippen molar-refractivity contribution < 1.29 is 4.21 Å². The monoisotopic (exact) mass is 155 g/mol. The molecule has 2 aliphatic heterocycles. The summed E-state index contributed by atoms with van der Waals surface area (Å²) in [5.74, 6) is 0. The zero-order valence-corrected chi connectivity index (χ0v) is 5.91. The number of hydrogen-bond acceptors (Lipinski definition) is 4. The zero-order chi connectivity index (χ0) is 6.97. The molecule has 52 valence electrons. The molecule has 2 heterocycles. The highest BCUT2D eigenvalue weighted by Crippen LogP contribution is 2.08. The smallest absolute Gasteiger partial charge is 0.221 e. The van der Waals surface area contributed by atoms with Crippen LogP contribution in [0, 0.1) is 0 Å². The first-order valence-corrected chi connectivity index (χ1v) is 4.04. The first-order chi connectivity index (χ1) is 4.88. The summed E-state index contributed by atoms with van der Waals surface area (Å²) in [6.07, 6.45) is 3.52. The molecule has 0 aromatic carbocycles. The van der Waals surface area contributed by atoms with Gasteiger partial charge in [0.25, 0.3) is 0 Å². The molecule has 0 fully saturated rings. The van der Waals surface area contributed by atoms with E-state index in [1.807, 2.05) is 6.08 Å². The van der Waals surface area contributed by atoms with Crippen LogP contribution in [0.5, 0.6) is 0 Å². The van der Waals surface area contributed by atoms with Gasteiger partial charge in [-0.3, -0.25) is 0 Å². The van der Waals surface area contributed by atoms with Crippen LogP contribution in [0.25, 0.3) is 0 Å². The van der Waals surface area contributed by atoms with Crippen molar-refractivity contribution in [2.75, 3.05) is 6.54 Å². The highest BCUT2D eigenvalue weighted by molar-refractivity contribution is 8.12. The van der Waals surface area contributed by atoms with Gasteiger partial charge < -0.3 is 0 Å². The lowest BCUT2D eigenvalue weighted by Crippen LogP contribution is -2.25. The van der Waals surface area contributed by atoms with Crippen LogP contribution in [0.2, 0.25) is 0 Å². The first-order valence-electron chi connectivity index (χ1n) is 2.83. The Balaban J connectivity index is 2.40. The van der Waals surface area contributed by atoms with E-state index in [4.69, 9.17) is 0 Å². The minimum atomic E-state index is -1.11. The normalized spacial score (nSPS) is 28.6. The average molecular weight is 155 g/mol. The maximum absolute atomic E-state index is 11.0. The lowest BCUT2D eigenvalue weighted by Gasteiger charge is -2.12. The molecule has 5 heteroatoms. The molecule has 0 radical (unpaired) electrons. The van der Waals surface area contributed by atoms with Crippen molar-refractivity contribution in [3.05, 3.63) is 12.3 Å². The van der Waals surface area contributed by atoms with E-state index < -0.39 is 10.8 Å². The standard InChI is InChI=1S/C5H5N3OS/c9-10-4-7-8-3-1-2-6-5(8)10/h1-2,4H,3H2. The van der Waals surface area contributed by atoms with Gasteiger partial charge in [-0.05, 0) is 6.08 Å². The summed E-state index contributed by atoms with van der Waals surface area (Å²) in [6, 6.07) is 0. The van der Waals surface area contributed by atoms with Crippen molar-refractivity contribution in [2.24, 2.45) is 10.1 Å². The fraction of sp³-hybridized carbons (Fsp3) is 0.200. The van der Waals surface area contributed by atoms with Crippen LogP contribution in [0.4, 0.5) is 0 Å². The summed E-state index contributed by atoms with van der Waals surface area (Å²) in [5, 5.41) is 6.03. The second-order valence-electron chi connectivity index (χ2n) is 1.90. The molecular weight excluding hydrogens is 150 g/mol. The SMILES string of the molecule is O=S1C=NN2CC=CN=C21. The molecular formula is C5H5N3OS. The van der Waals surface area contributed by atoms with E-state index >= 15 is 0 Å². The van der Waals surface area contributed by atoms with Gasteiger partial charge >= 0.3 is 0 Å². The molecule has 0 saturated carbocycles. The summed E-state index contributed by atoms with van der Waals surface area (Å²) in [6.45, 7) is 0.682. The Hall–Kier alpha value is -0.970. The Bertz CT molecular complexity index is 268. The molecule has 0 aromatic heterocycles. The van der Waals surface area contributed by atoms with Crippen molar-refractivity contribution >= 4 is 21.5 Å². The second kappa shape index (κ2) is 2.02. The first kappa shape index (κ1) is 5.79. The van der Waals surface area contributed by atoms with Crippen LogP contribution in [-0.2, 0) is 10.8 Å². The van der Waals surface area contributed by atoms with Crippen molar-refractivity contribution in [2.45, 2.75) is 0 Å². The molecule has 0 saturated heterocycles. The predicted molar refractivity (Wildman–Crippen MR) is 39.9 cm³/mol. The van der Waals surface area contributed by atoms with Crippen molar-refractivity contribution in [1.82, 2.24) is 5.01 Å². The summed E-state index contributed by atoms with van der Waals surface area (Å²) < 4.78 is 11.0. The van der Waals surface area contributed by atoms with Crippen LogP contribution >= 0.6 is 0 Å². The highest BCUT2D eigenvalue weighted by Gasteiger charge is 2.22. The molecule has 2 rings (SSSR count). The molecule has 0 spiro atoms. The van der Waals surface area contributed by atoms with Crippen LogP contribution in [0.1, 0.15) is 0 Å². The van der Waals surface area contributed by atoms with Crippen LogP contribution in [0.3, 0.4) is 0 Å². The Morgan fingerprint density at radius 3 is 3.40 bits per heavy atom. The minimum Gasteiger partial charge on any atom is -0.245 e. The van der Waals surface area contributed by atoms with E-state index in [2.05, 4.69) is 10.1 Å². The highest BCUT2D eigenvalue weighted by atomic mass is 32.2. The quantitative estimate of drug-likeness (QED) is 0.489. The number of hydrazone groups is 1. The number of fused-ring (bicyclic) bond motifs is 1. The third kappa shape index (κ3) is 0.706. The predicted octanol–water partition coefficient (Wildman–Crippen LogP) is -0.123. The van der Waals surface area contributed by atoms with Crippen LogP contribution < -0.4 is 0 Å². The van der Waals surface area contributed by atoms with Crippen molar-refractivity contribution in [3.8, 4) is 0 Å². The molecule has 0 amide bonds. The summed E-state index contributed by atoms with van der Waals surface area (Å²) in [4.78, 5) is 3.91. The van der Waals surface area contributed by atoms with Crippen LogP contribution in [0.15, 0.2) is 22.4 Å². The Morgan fingerprint density at radius 1 is 1.70 bits per heavy atom. The molecule has 0 bridgehead atoms. The van der Waals surface area contributed by atoms with E-state index in [0.717, 1.165) is 0 Å². The van der Waals surface area contributed by atoms with Gasteiger partial charge in [-0.1, -0.05) is 0 Å². The summed E-state index contributed by atoms with van der Waals surface area (Å²) in [7, 11) is -1.11. The van der Waals surface area contributed by atoms with Gasteiger partial charge in [0.1, 0.15) is 16.3 Å². The minimum absolute atomic E-state index is 0.544. The largest absolute Gasteiger partial charge is 0.245 e. The van der Waals surface area contributed by atoms with E-state index in [0.29, 0.717) is 11.7 Å². The lowest BCUT2D eigenvalue weighted by atomic mass is 10.5. The van der Waals surface area contributed by atoms with Gasteiger partial charge in [-0.2, -0.15) is 5.10 Å². The third-order valence-corrected chi connectivity index (χ3v) is 2.21. The molecule has 0 aromatic rings. The molecule has 1 atom stereocenters. The fourth-order valence-electron chi connectivity index (χ4n) is 0.807. The maximum atomic E-state index is 11.0. The Morgan fingerprint density at radius 2 is 2.60 bits per heavy atom. The van der Waals surface area contributed by atoms with Gasteiger partial charge in [0.2, 0.25) is 5.17 Å². The zero-order valence-electron chi connectivity index (χ0n) is 5.10. The van der Waals surface area contributed by atoms with Crippen molar-refractivity contribution in [1.29, 1.82) is 0 Å². The van der Waals surface area contributed by atoms with E-state index in [1.54, 1.807) is 11.2 Å². The summed E-state index contributed by atoms with van der Waals surface area (Å²) >= 11 is 0. The lowest BCUT2D eigenvalue weighted by molar-refractivity contribution is 0.506. The maximum Gasteiger partial charge on any atom is 0.221 e. The number of nitrogens with zero attached hydrogens (tertiary/aromatic N) is 3. The van der Waals surface area contributed by atoms with Gasteiger partial charge in [0.15, 0.2) is 0 Å².